The topological polar surface area (TPSA) is 66.5 Å². The third-order valence-corrected chi connectivity index (χ3v) is 5.70. The van der Waals surface area contributed by atoms with E-state index in [1.54, 1.807) is 24.3 Å². The predicted octanol–water partition coefficient (Wildman–Crippen LogP) is 3.57. The minimum atomic E-state index is -3.34. The van der Waals surface area contributed by atoms with Crippen LogP contribution >= 0.6 is 23.2 Å². The van der Waals surface area contributed by atoms with Gasteiger partial charge in [0.05, 0.1) is 22.0 Å². The lowest BCUT2D eigenvalue weighted by molar-refractivity contribution is 0.102. The van der Waals surface area contributed by atoms with E-state index in [4.69, 9.17) is 23.2 Å². The van der Waals surface area contributed by atoms with Crippen molar-refractivity contribution in [2.24, 2.45) is 0 Å². The molecule has 0 spiro atoms. The quantitative estimate of drug-likeness (QED) is 0.879. The first-order valence-corrected chi connectivity index (χ1v) is 9.73. The standard InChI is InChI=1S/C16H14Cl2N2O3S/c1-24(22,23)20-7-6-10-2-4-12(9-15(10)20)19-16(21)11-3-5-13(17)14(18)8-11/h2-5,8-9H,6-7H2,1H3,(H,19,21). The van der Waals surface area contributed by atoms with Crippen molar-refractivity contribution in [3.63, 3.8) is 0 Å². The molecule has 24 heavy (non-hydrogen) atoms. The first kappa shape index (κ1) is 17.1. The number of rotatable bonds is 3. The summed E-state index contributed by atoms with van der Waals surface area (Å²) in [5.41, 5.74) is 2.42. The van der Waals surface area contributed by atoms with Crippen LogP contribution in [0, 0.1) is 0 Å². The second-order valence-corrected chi connectivity index (χ2v) is 8.23. The summed E-state index contributed by atoms with van der Waals surface area (Å²) in [5.74, 6) is -0.350. The highest BCUT2D eigenvalue weighted by molar-refractivity contribution is 7.92. The van der Waals surface area contributed by atoms with E-state index in [1.165, 1.54) is 16.6 Å². The molecule has 1 aliphatic heterocycles. The van der Waals surface area contributed by atoms with Crippen LogP contribution in [0.2, 0.25) is 10.0 Å². The minimum absolute atomic E-state index is 0.293. The molecule has 0 atom stereocenters. The zero-order chi connectivity index (χ0) is 17.5. The molecule has 2 aromatic rings. The Morgan fingerprint density at radius 3 is 2.54 bits per heavy atom. The zero-order valence-electron chi connectivity index (χ0n) is 12.7. The maximum absolute atomic E-state index is 12.3. The van der Waals surface area contributed by atoms with Crippen LogP contribution in [0.25, 0.3) is 0 Å². The average Bonchev–Trinajstić information content (AvgIpc) is 2.93. The van der Waals surface area contributed by atoms with Crippen molar-refractivity contribution < 1.29 is 13.2 Å². The van der Waals surface area contributed by atoms with Crippen LogP contribution in [0.5, 0.6) is 0 Å². The normalized spacial score (nSPS) is 13.7. The van der Waals surface area contributed by atoms with E-state index in [0.29, 0.717) is 39.9 Å². The molecule has 5 nitrogen and oxygen atoms in total. The zero-order valence-corrected chi connectivity index (χ0v) is 15.0. The molecule has 0 radical (unpaired) electrons. The van der Waals surface area contributed by atoms with E-state index >= 15 is 0 Å². The van der Waals surface area contributed by atoms with Gasteiger partial charge in [0.1, 0.15) is 0 Å². The number of nitrogens with one attached hydrogen (secondary N) is 1. The molecule has 0 aliphatic carbocycles. The number of nitrogens with zero attached hydrogens (tertiary/aromatic N) is 1. The Labute approximate surface area is 150 Å². The smallest absolute Gasteiger partial charge is 0.255 e. The van der Waals surface area contributed by atoms with Gasteiger partial charge in [-0.3, -0.25) is 9.10 Å². The second-order valence-electron chi connectivity index (χ2n) is 5.51. The second kappa shape index (κ2) is 6.27. The van der Waals surface area contributed by atoms with Gasteiger partial charge in [-0.25, -0.2) is 8.42 Å². The Balaban J connectivity index is 1.86. The van der Waals surface area contributed by atoms with Crippen LogP contribution in [-0.4, -0.2) is 27.1 Å². The van der Waals surface area contributed by atoms with Crippen LogP contribution in [0.3, 0.4) is 0 Å². The maximum Gasteiger partial charge on any atom is 0.255 e. The van der Waals surface area contributed by atoms with Crippen molar-refractivity contribution in [2.75, 3.05) is 22.4 Å². The Morgan fingerprint density at radius 1 is 1.12 bits per heavy atom. The molecule has 0 bridgehead atoms. The summed E-state index contributed by atoms with van der Waals surface area (Å²) < 4.78 is 25.0. The van der Waals surface area contributed by atoms with Gasteiger partial charge in [-0.15, -0.1) is 0 Å². The van der Waals surface area contributed by atoms with Crippen LogP contribution in [-0.2, 0) is 16.4 Å². The Kier molecular flexibility index (Phi) is 4.46. The van der Waals surface area contributed by atoms with Crippen molar-refractivity contribution in [3.8, 4) is 0 Å². The van der Waals surface area contributed by atoms with E-state index in [0.717, 1.165) is 5.56 Å². The fraction of sp³-hybridized carbons (Fsp3) is 0.188. The molecule has 1 aliphatic rings. The third-order valence-electron chi connectivity index (χ3n) is 3.78. The number of carbonyl (C=O) groups is 1. The van der Waals surface area contributed by atoms with Crippen LogP contribution in [0.4, 0.5) is 11.4 Å². The van der Waals surface area contributed by atoms with Gasteiger partial charge in [-0.05, 0) is 42.3 Å². The summed E-state index contributed by atoms with van der Waals surface area (Å²) in [5, 5.41) is 3.41. The highest BCUT2D eigenvalue weighted by Gasteiger charge is 2.26. The molecule has 1 N–H and O–H groups in total. The first-order chi connectivity index (χ1) is 11.3. The molecule has 1 heterocycles. The molecule has 0 unspecified atom stereocenters. The monoisotopic (exact) mass is 384 g/mol. The SMILES string of the molecule is CS(=O)(=O)N1CCc2ccc(NC(=O)c3ccc(Cl)c(Cl)c3)cc21. The van der Waals surface area contributed by atoms with Crippen molar-refractivity contribution in [1.29, 1.82) is 0 Å². The summed E-state index contributed by atoms with van der Waals surface area (Å²) in [6, 6.07) is 9.84. The molecule has 0 saturated carbocycles. The number of anilines is 2. The number of carbonyl (C=O) groups excluding carboxylic acids is 1. The van der Waals surface area contributed by atoms with Crippen molar-refractivity contribution >= 4 is 50.5 Å². The summed E-state index contributed by atoms with van der Waals surface area (Å²) in [6.07, 6.45) is 1.83. The highest BCUT2D eigenvalue weighted by atomic mass is 35.5. The van der Waals surface area contributed by atoms with Gasteiger partial charge in [0.15, 0.2) is 0 Å². The lowest BCUT2D eigenvalue weighted by Crippen LogP contribution is -2.27. The van der Waals surface area contributed by atoms with E-state index in [-0.39, 0.29) is 5.91 Å². The van der Waals surface area contributed by atoms with Gasteiger partial charge < -0.3 is 5.32 Å². The number of benzene rings is 2. The summed E-state index contributed by atoms with van der Waals surface area (Å²) in [7, 11) is -3.34. The largest absolute Gasteiger partial charge is 0.322 e. The van der Waals surface area contributed by atoms with Crippen molar-refractivity contribution in [2.45, 2.75) is 6.42 Å². The van der Waals surface area contributed by atoms with Gasteiger partial charge in [-0.2, -0.15) is 0 Å². The summed E-state index contributed by atoms with van der Waals surface area (Å²) >= 11 is 11.8. The molecule has 0 fully saturated rings. The van der Waals surface area contributed by atoms with E-state index in [9.17, 15) is 13.2 Å². The lowest BCUT2D eigenvalue weighted by atomic mass is 10.1. The fourth-order valence-electron chi connectivity index (χ4n) is 2.61. The molecule has 0 aromatic heterocycles. The third kappa shape index (κ3) is 3.36. The number of halogens is 2. The van der Waals surface area contributed by atoms with E-state index in [1.807, 2.05) is 6.07 Å². The highest BCUT2D eigenvalue weighted by Crippen LogP contribution is 2.32. The van der Waals surface area contributed by atoms with Crippen LogP contribution in [0.1, 0.15) is 15.9 Å². The van der Waals surface area contributed by atoms with Crippen LogP contribution in [0.15, 0.2) is 36.4 Å². The number of sulfonamides is 1. The minimum Gasteiger partial charge on any atom is -0.322 e. The molecule has 126 valence electrons. The molecular formula is C16H14Cl2N2O3S. The molecule has 1 amide bonds. The van der Waals surface area contributed by atoms with Gasteiger partial charge in [-0.1, -0.05) is 29.3 Å². The number of amides is 1. The molecule has 0 saturated heterocycles. The maximum atomic E-state index is 12.3. The molecule has 3 rings (SSSR count). The van der Waals surface area contributed by atoms with Crippen molar-refractivity contribution in [1.82, 2.24) is 0 Å². The Hall–Kier alpha value is -1.76. The van der Waals surface area contributed by atoms with Crippen molar-refractivity contribution in [3.05, 3.63) is 57.6 Å². The van der Waals surface area contributed by atoms with Gasteiger partial charge >= 0.3 is 0 Å². The molecule has 8 heteroatoms. The fourth-order valence-corrected chi connectivity index (χ4v) is 3.86. The Bertz CT molecular complexity index is 929. The molecular weight excluding hydrogens is 371 g/mol. The lowest BCUT2D eigenvalue weighted by Gasteiger charge is -2.17. The molecule has 2 aromatic carbocycles. The number of fused-ring (bicyclic) bond motifs is 1. The Morgan fingerprint density at radius 2 is 1.88 bits per heavy atom. The van der Waals surface area contributed by atoms with Crippen LogP contribution < -0.4 is 9.62 Å². The van der Waals surface area contributed by atoms with Gasteiger partial charge in [0.25, 0.3) is 5.91 Å². The summed E-state index contributed by atoms with van der Waals surface area (Å²) in [6.45, 7) is 0.415. The van der Waals surface area contributed by atoms with Gasteiger partial charge in [0.2, 0.25) is 10.0 Å². The predicted molar refractivity (Wildman–Crippen MR) is 96.8 cm³/mol. The average molecular weight is 385 g/mol. The number of hydrogen-bond donors (Lipinski definition) is 1. The first-order valence-electron chi connectivity index (χ1n) is 7.13. The van der Waals surface area contributed by atoms with E-state index < -0.39 is 10.0 Å². The van der Waals surface area contributed by atoms with E-state index in [2.05, 4.69) is 5.32 Å². The van der Waals surface area contributed by atoms with Gasteiger partial charge in [0, 0.05) is 17.8 Å². The number of hydrogen-bond acceptors (Lipinski definition) is 3. The summed E-state index contributed by atoms with van der Waals surface area (Å²) in [4.78, 5) is 12.3.